The molecule has 7 nitrogen and oxygen atoms in total. The summed E-state index contributed by atoms with van der Waals surface area (Å²) in [6.45, 7) is 4.34. The number of halogens is 1. The van der Waals surface area contributed by atoms with E-state index in [1.165, 1.54) is 17.0 Å². The Morgan fingerprint density at radius 2 is 1.64 bits per heavy atom. The molecule has 0 fully saturated rings. The summed E-state index contributed by atoms with van der Waals surface area (Å²) in [5.41, 5.74) is 1.43. The zero-order valence-corrected chi connectivity index (χ0v) is 18.8. The molecule has 0 bridgehead atoms. The number of hydrogen-bond acceptors (Lipinski definition) is 4. The van der Waals surface area contributed by atoms with E-state index >= 15 is 0 Å². The Balaban J connectivity index is 1.65. The lowest BCUT2D eigenvalue weighted by molar-refractivity contribution is -0.140. The molecule has 1 aliphatic rings. The summed E-state index contributed by atoms with van der Waals surface area (Å²) in [6, 6.07) is 11.7. The Kier molecular flexibility index (Phi) is 7.92. The van der Waals surface area contributed by atoms with Gasteiger partial charge < -0.3 is 10.2 Å². The van der Waals surface area contributed by atoms with Crippen LogP contribution in [-0.4, -0.2) is 52.6 Å². The first-order valence-corrected chi connectivity index (χ1v) is 11.1. The SMILES string of the molecule is CCCNC(=O)C(C)N(Cc1ccc(F)cc1)C(=O)CCCN1C(=O)c2ccccc2C1=O. The molecule has 2 aromatic carbocycles. The number of fused-ring (bicyclic) bond motifs is 1. The van der Waals surface area contributed by atoms with Crippen molar-refractivity contribution in [1.29, 1.82) is 0 Å². The molecule has 0 saturated heterocycles. The molecule has 8 heteroatoms. The molecule has 1 aliphatic heterocycles. The summed E-state index contributed by atoms with van der Waals surface area (Å²) >= 11 is 0. The average molecular weight is 454 g/mol. The lowest BCUT2D eigenvalue weighted by atomic mass is 10.1. The highest BCUT2D eigenvalue weighted by molar-refractivity contribution is 6.21. The van der Waals surface area contributed by atoms with Crippen molar-refractivity contribution in [2.45, 2.75) is 45.7 Å². The van der Waals surface area contributed by atoms with Crippen LogP contribution in [0.2, 0.25) is 0 Å². The van der Waals surface area contributed by atoms with Gasteiger partial charge in [-0.1, -0.05) is 31.2 Å². The third kappa shape index (κ3) is 5.63. The van der Waals surface area contributed by atoms with E-state index in [2.05, 4.69) is 5.32 Å². The molecule has 0 saturated carbocycles. The highest BCUT2D eigenvalue weighted by atomic mass is 19.1. The third-order valence-electron chi connectivity index (χ3n) is 5.63. The van der Waals surface area contributed by atoms with E-state index in [-0.39, 0.29) is 55.4 Å². The van der Waals surface area contributed by atoms with Gasteiger partial charge in [-0.3, -0.25) is 24.1 Å². The Bertz CT molecular complexity index is 1000. The Morgan fingerprint density at radius 1 is 1.03 bits per heavy atom. The van der Waals surface area contributed by atoms with E-state index in [0.29, 0.717) is 23.2 Å². The molecule has 1 heterocycles. The fourth-order valence-electron chi connectivity index (χ4n) is 3.74. The van der Waals surface area contributed by atoms with Gasteiger partial charge in [-0.2, -0.15) is 0 Å². The summed E-state index contributed by atoms with van der Waals surface area (Å²) in [4.78, 5) is 53.2. The second-order valence-electron chi connectivity index (χ2n) is 8.03. The lowest BCUT2D eigenvalue weighted by Crippen LogP contribution is -2.47. The fourth-order valence-corrected chi connectivity index (χ4v) is 3.74. The molecular formula is C25H28FN3O4. The van der Waals surface area contributed by atoms with E-state index in [1.54, 1.807) is 43.3 Å². The molecule has 2 aromatic rings. The number of nitrogens with one attached hydrogen (secondary N) is 1. The number of carbonyl (C=O) groups is 4. The van der Waals surface area contributed by atoms with Crippen molar-refractivity contribution in [1.82, 2.24) is 15.1 Å². The minimum Gasteiger partial charge on any atom is -0.354 e. The largest absolute Gasteiger partial charge is 0.354 e. The number of nitrogens with zero attached hydrogens (tertiary/aromatic N) is 2. The van der Waals surface area contributed by atoms with E-state index in [0.717, 1.165) is 11.3 Å². The Hall–Kier alpha value is -3.55. The number of carbonyl (C=O) groups excluding carboxylic acids is 4. The van der Waals surface area contributed by atoms with Gasteiger partial charge in [0.2, 0.25) is 11.8 Å². The monoisotopic (exact) mass is 453 g/mol. The summed E-state index contributed by atoms with van der Waals surface area (Å²) in [6.07, 6.45) is 1.10. The first-order chi connectivity index (χ1) is 15.8. The predicted octanol–water partition coefficient (Wildman–Crippen LogP) is 3.15. The van der Waals surface area contributed by atoms with Crippen LogP contribution in [0, 0.1) is 5.82 Å². The number of hydrogen-bond donors (Lipinski definition) is 1. The summed E-state index contributed by atoms with van der Waals surface area (Å²) < 4.78 is 13.3. The van der Waals surface area contributed by atoms with Crippen LogP contribution < -0.4 is 5.32 Å². The van der Waals surface area contributed by atoms with Crippen molar-refractivity contribution in [2.24, 2.45) is 0 Å². The highest BCUT2D eigenvalue weighted by Crippen LogP contribution is 2.23. The van der Waals surface area contributed by atoms with Crippen LogP contribution in [0.4, 0.5) is 4.39 Å². The Labute approximate surface area is 192 Å². The normalized spacial score (nSPS) is 13.6. The van der Waals surface area contributed by atoms with Gasteiger partial charge in [0.05, 0.1) is 11.1 Å². The maximum atomic E-state index is 13.3. The minimum absolute atomic E-state index is 0.0556. The van der Waals surface area contributed by atoms with Gasteiger partial charge in [0.25, 0.3) is 11.8 Å². The number of benzene rings is 2. The molecule has 1 N–H and O–H groups in total. The lowest BCUT2D eigenvalue weighted by Gasteiger charge is -2.29. The van der Waals surface area contributed by atoms with E-state index in [9.17, 15) is 23.6 Å². The molecule has 0 aromatic heterocycles. The summed E-state index contributed by atoms with van der Waals surface area (Å²) in [5.74, 6) is -1.66. The second kappa shape index (κ2) is 10.8. The molecule has 33 heavy (non-hydrogen) atoms. The molecule has 3 rings (SSSR count). The van der Waals surface area contributed by atoms with Crippen molar-refractivity contribution in [3.63, 3.8) is 0 Å². The van der Waals surface area contributed by atoms with Gasteiger partial charge in [-0.25, -0.2) is 4.39 Å². The standard InChI is InChI=1S/C25H28FN3O4/c1-3-14-27-23(31)17(2)29(16-18-10-12-19(26)13-11-18)22(30)9-6-15-28-24(32)20-7-4-5-8-21(20)25(28)33/h4-5,7-8,10-13,17H,3,6,9,14-16H2,1-2H3,(H,27,31). The van der Waals surface area contributed by atoms with E-state index < -0.39 is 6.04 Å². The summed E-state index contributed by atoms with van der Waals surface area (Å²) in [7, 11) is 0. The number of amides is 4. The van der Waals surface area contributed by atoms with E-state index in [1.807, 2.05) is 6.92 Å². The van der Waals surface area contributed by atoms with Crippen LogP contribution in [0.5, 0.6) is 0 Å². The van der Waals surface area contributed by atoms with Crippen molar-refractivity contribution < 1.29 is 23.6 Å². The third-order valence-corrected chi connectivity index (χ3v) is 5.63. The molecule has 0 radical (unpaired) electrons. The molecular weight excluding hydrogens is 425 g/mol. The van der Waals surface area contributed by atoms with E-state index in [4.69, 9.17) is 0 Å². The molecule has 174 valence electrons. The smallest absolute Gasteiger partial charge is 0.261 e. The molecule has 0 spiro atoms. The van der Waals surface area contributed by atoms with Gasteiger partial charge in [0.1, 0.15) is 11.9 Å². The van der Waals surface area contributed by atoms with Gasteiger partial charge in [0, 0.05) is 26.1 Å². The molecule has 1 atom stereocenters. The van der Waals surface area contributed by atoms with Crippen LogP contribution in [0.1, 0.15) is 59.4 Å². The quantitative estimate of drug-likeness (QED) is 0.560. The van der Waals surface area contributed by atoms with Gasteiger partial charge in [-0.05, 0) is 49.6 Å². The average Bonchev–Trinajstić information content (AvgIpc) is 3.06. The number of rotatable bonds is 10. The second-order valence-corrected chi connectivity index (χ2v) is 8.03. The first kappa shape index (κ1) is 24.1. The van der Waals surface area contributed by atoms with Crippen molar-refractivity contribution in [3.8, 4) is 0 Å². The maximum Gasteiger partial charge on any atom is 0.261 e. The van der Waals surface area contributed by atoms with Gasteiger partial charge >= 0.3 is 0 Å². The maximum absolute atomic E-state index is 13.3. The Morgan fingerprint density at radius 3 is 2.21 bits per heavy atom. The van der Waals surface area contributed by atoms with Gasteiger partial charge in [0.15, 0.2) is 0 Å². The minimum atomic E-state index is -0.728. The van der Waals surface area contributed by atoms with Crippen LogP contribution in [-0.2, 0) is 16.1 Å². The predicted molar refractivity (Wildman–Crippen MR) is 121 cm³/mol. The molecule has 4 amide bonds. The molecule has 0 aliphatic carbocycles. The van der Waals surface area contributed by atoms with Crippen LogP contribution in [0.15, 0.2) is 48.5 Å². The van der Waals surface area contributed by atoms with Crippen LogP contribution in [0.25, 0.3) is 0 Å². The summed E-state index contributed by atoms with van der Waals surface area (Å²) in [5, 5.41) is 2.79. The van der Waals surface area contributed by atoms with Gasteiger partial charge in [-0.15, -0.1) is 0 Å². The van der Waals surface area contributed by atoms with Crippen LogP contribution >= 0.6 is 0 Å². The molecule has 1 unspecified atom stereocenters. The van der Waals surface area contributed by atoms with Crippen molar-refractivity contribution >= 4 is 23.6 Å². The number of imide groups is 1. The zero-order chi connectivity index (χ0) is 24.0. The highest BCUT2D eigenvalue weighted by Gasteiger charge is 2.35. The first-order valence-electron chi connectivity index (χ1n) is 11.1. The van der Waals surface area contributed by atoms with Crippen LogP contribution in [0.3, 0.4) is 0 Å². The van der Waals surface area contributed by atoms with Crippen molar-refractivity contribution in [3.05, 3.63) is 71.0 Å². The fraction of sp³-hybridized carbons (Fsp3) is 0.360. The topological polar surface area (TPSA) is 86.8 Å². The zero-order valence-electron chi connectivity index (χ0n) is 18.8. The van der Waals surface area contributed by atoms with Crippen molar-refractivity contribution in [2.75, 3.05) is 13.1 Å².